The van der Waals surface area contributed by atoms with E-state index in [0.717, 1.165) is 41.5 Å². The summed E-state index contributed by atoms with van der Waals surface area (Å²) in [5.74, 6) is 0.167. The number of carbonyl (C=O) groups excluding carboxylic acids is 1. The second-order valence-corrected chi connectivity index (χ2v) is 5.17. The molecular weight excluding hydrogens is 266 g/mol. The van der Waals surface area contributed by atoms with Crippen molar-refractivity contribution in [3.05, 3.63) is 33.8 Å². The van der Waals surface area contributed by atoms with Crippen molar-refractivity contribution in [3.63, 3.8) is 0 Å². The summed E-state index contributed by atoms with van der Waals surface area (Å²) in [7, 11) is 0. The molecule has 0 unspecified atom stereocenters. The molecule has 1 aromatic carbocycles. The summed E-state index contributed by atoms with van der Waals surface area (Å²) in [5.41, 5.74) is 1.95. The van der Waals surface area contributed by atoms with Gasteiger partial charge in [0.05, 0.1) is 0 Å². The first-order chi connectivity index (χ1) is 7.68. The molecule has 0 saturated carbocycles. The van der Waals surface area contributed by atoms with Gasteiger partial charge in [-0.3, -0.25) is 4.79 Å². The number of amides is 1. The van der Waals surface area contributed by atoms with E-state index in [0.29, 0.717) is 0 Å². The Morgan fingerprint density at radius 3 is 2.56 bits per heavy atom. The standard InChI is InChI=1S/C13H16BrNO/c1-10-5-6-11(9-12(10)14)13(16)15-7-3-2-4-8-15/h5-6,9H,2-4,7-8H2,1H3. The molecule has 0 bridgehead atoms. The minimum atomic E-state index is 0.167. The average Bonchev–Trinajstić information content (AvgIpc) is 2.33. The first kappa shape index (κ1) is 11.6. The molecule has 0 radical (unpaired) electrons. The number of aryl methyl sites for hydroxylation is 1. The van der Waals surface area contributed by atoms with E-state index in [1.807, 2.05) is 30.0 Å². The van der Waals surface area contributed by atoms with Crippen LogP contribution in [0.5, 0.6) is 0 Å². The third-order valence-electron chi connectivity index (χ3n) is 3.06. The number of hydrogen-bond acceptors (Lipinski definition) is 1. The van der Waals surface area contributed by atoms with Crippen LogP contribution in [0.15, 0.2) is 22.7 Å². The van der Waals surface area contributed by atoms with Gasteiger partial charge < -0.3 is 4.90 Å². The van der Waals surface area contributed by atoms with Gasteiger partial charge in [-0.1, -0.05) is 22.0 Å². The molecule has 86 valence electrons. The van der Waals surface area contributed by atoms with Crippen LogP contribution in [0.4, 0.5) is 0 Å². The molecule has 1 amide bonds. The van der Waals surface area contributed by atoms with Crippen molar-refractivity contribution in [1.82, 2.24) is 4.90 Å². The van der Waals surface area contributed by atoms with Gasteiger partial charge in [0.1, 0.15) is 0 Å². The maximum atomic E-state index is 12.2. The molecule has 0 aromatic heterocycles. The monoisotopic (exact) mass is 281 g/mol. The van der Waals surface area contributed by atoms with E-state index in [-0.39, 0.29) is 5.91 Å². The van der Waals surface area contributed by atoms with Crippen molar-refractivity contribution in [3.8, 4) is 0 Å². The Bertz CT molecular complexity index is 397. The predicted molar refractivity (Wildman–Crippen MR) is 68.6 cm³/mol. The van der Waals surface area contributed by atoms with Crippen LogP contribution in [0.3, 0.4) is 0 Å². The van der Waals surface area contributed by atoms with Crippen LogP contribution in [0, 0.1) is 6.92 Å². The summed E-state index contributed by atoms with van der Waals surface area (Å²) in [6.45, 7) is 3.84. The Labute approximate surface area is 105 Å². The maximum Gasteiger partial charge on any atom is 0.253 e. The minimum Gasteiger partial charge on any atom is -0.339 e. The van der Waals surface area contributed by atoms with E-state index in [2.05, 4.69) is 15.9 Å². The Balaban J connectivity index is 2.16. The molecule has 1 aliphatic rings. The number of hydrogen-bond donors (Lipinski definition) is 0. The molecule has 16 heavy (non-hydrogen) atoms. The zero-order valence-electron chi connectivity index (χ0n) is 9.50. The van der Waals surface area contributed by atoms with Crippen LogP contribution in [0.2, 0.25) is 0 Å². The Morgan fingerprint density at radius 2 is 1.94 bits per heavy atom. The van der Waals surface area contributed by atoms with Gasteiger partial charge in [0.25, 0.3) is 5.91 Å². The Hall–Kier alpha value is -0.830. The van der Waals surface area contributed by atoms with Gasteiger partial charge in [0.2, 0.25) is 0 Å². The molecule has 0 N–H and O–H groups in total. The minimum absolute atomic E-state index is 0.167. The second-order valence-electron chi connectivity index (χ2n) is 4.32. The SMILES string of the molecule is Cc1ccc(C(=O)N2CCCCC2)cc1Br. The Morgan fingerprint density at radius 1 is 1.25 bits per heavy atom. The third kappa shape index (κ3) is 2.46. The van der Waals surface area contributed by atoms with Crippen LogP contribution < -0.4 is 0 Å². The van der Waals surface area contributed by atoms with Crippen molar-refractivity contribution < 1.29 is 4.79 Å². The van der Waals surface area contributed by atoms with Crippen molar-refractivity contribution in [1.29, 1.82) is 0 Å². The zero-order valence-corrected chi connectivity index (χ0v) is 11.1. The molecule has 1 fully saturated rings. The van der Waals surface area contributed by atoms with E-state index < -0.39 is 0 Å². The van der Waals surface area contributed by atoms with Crippen molar-refractivity contribution >= 4 is 21.8 Å². The molecule has 1 aromatic rings. The highest BCUT2D eigenvalue weighted by molar-refractivity contribution is 9.10. The summed E-state index contributed by atoms with van der Waals surface area (Å²) >= 11 is 3.47. The zero-order chi connectivity index (χ0) is 11.5. The first-order valence-corrected chi connectivity index (χ1v) is 6.53. The third-order valence-corrected chi connectivity index (χ3v) is 3.92. The van der Waals surface area contributed by atoms with Gasteiger partial charge >= 0.3 is 0 Å². The summed E-state index contributed by atoms with van der Waals surface area (Å²) in [6, 6.07) is 5.82. The van der Waals surface area contributed by atoms with Crippen LogP contribution >= 0.6 is 15.9 Å². The number of carbonyl (C=O) groups is 1. The highest BCUT2D eigenvalue weighted by atomic mass is 79.9. The van der Waals surface area contributed by atoms with Gasteiger partial charge in [0.15, 0.2) is 0 Å². The molecule has 2 nitrogen and oxygen atoms in total. The van der Waals surface area contributed by atoms with Crippen molar-refractivity contribution in [2.45, 2.75) is 26.2 Å². The molecule has 3 heteroatoms. The number of benzene rings is 1. The van der Waals surface area contributed by atoms with E-state index in [1.165, 1.54) is 6.42 Å². The molecular formula is C13H16BrNO. The summed E-state index contributed by atoms with van der Waals surface area (Å²) in [4.78, 5) is 14.1. The molecule has 2 rings (SSSR count). The number of rotatable bonds is 1. The molecule has 0 aliphatic carbocycles. The normalized spacial score (nSPS) is 16.2. The number of nitrogens with zero attached hydrogens (tertiary/aromatic N) is 1. The lowest BCUT2D eigenvalue weighted by Gasteiger charge is -2.26. The summed E-state index contributed by atoms with van der Waals surface area (Å²) in [6.07, 6.45) is 3.53. The van der Waals surface area contributed by atoms with Gasteiger partial charge in [-0.25, -0.2) is 0 Å². The van der Waals surface area contributed by atoms with Gasteiger partial charge in [-0.05, 0) is 43.9 Å². The lowest BCUT2D eigenvalue weighted by atomic mass is 10.1. The molecule has 1 heterocycles. The van der Waals surface area contributed by atoms with E-state index >= 15 is 0 Å². The topological polar surface area (TPSA) is 20.3 Å². The lowest BCUT2D eigenvalue weighted by Crippen LogP contribution is -2.35. The fraction of sp³-hybridized carbons (Fsp3) is 0.462. The first-order valence-electron chi connectivity index (χ1n) is 5.74. The Kier molecular flexibility index (Phi) is 3.64. The molecule has 0 atom stereocenters. The quantitative estimate of drug-likeness (QED) is 0.773. The van der Waals surface area contributed by atoms with Gasteiger partial charge in [-0.2, -0.15) is 0 Å². The largest absolute Gasteiger partial charge is 0.339 e. The second kappa shape index (κ2) is 5.00. The number of halogens is 1. The van der Waals surface area contributed by atoms with Gasteiger partial charge in [0, 0.05) is 23.1 Å². The fourth-order valence-corrected chi connectivity index (χ4v) is 2.38. The van der Waals surface area contributed by atoms with Gasteiger partial charge in [-0.15, -0.1) is 0 Å². The number of likely N-dealkylation sites (tertiary alicyclic amines) is 1. The van der Waals surface area contributed by atoms with Crippen molar-refractivity contribution in [2.24, 2.45) is 0 Å². The van der Waals surface area contributed by atoms with Crippen LogP contribution in [-0.4, -0.2) is 23.9 Å². The van der Waals surface area contributed by atoms with E-state index in [1.54, 1.807) is 0 Å². The van der Waals surface area contributed by atoms with E-state index in [4.69, 9.17) is 0 Å². The molecule has 1 aliphatic heterocycles. The summed E-state index contributed by atoms with van der Waals surface area (Å²) in [5, 5.41) is 0. The maximum absolute atomic E-state index is 12.2. The van der Waals surface area contributed by atoms with Crippen LogP contribution in [0.1, 0.15) is 35.2 Å². The fourth-order valence-electron chi connectivity index (χ4n) is 2.01. The van der Waals surface area contributed by atoms with Crippen LogP contribution in [-0.2, 0) is 0 Å². The average molecular weight is 282 g/mol. The molecule has 0 spiro atoms. The van der Waals surface area contributed by atoms with Crippen molar-refractivity contribution in [2.75, 3.05) is 13.1 Å². The highest BCUT2D eigenvalue weighted by Gasteiger charge is 2.18. The molecule has 1 saturated heterocycles. The predicted octanol–water partition coefficient (Wildman–Crippen LogP) is 3.38. The number of piperidine rings is 1. The lowest BCUT2D eigenvalue weighted by molar-refractivity contribution is 0.0724. The van der Waals surface area contributed by atoms with E-state index in [9.17, 15) is 4.79 Å². The summed E-state index contributed by atoms with van der Waals surface area (Å²) < 4.78 is 1.01. The van der Waals surface area contributed by atoms with Crippen LogP contribution in [0.25, 0.3) is 0 Å². The highest BCUT2D eigenvalue weighted by Crippen LogP contribution is 2.20. The smallest absolute Gasteiger partial charge is 0.253 e.